The lowest BCUT2D eigenvalue weighted by molar-refractivity contribution is 0.264. The Morgan fingerprint density at radius 3 is 2.86 bits per heavy atom. The molecule has 2 atom stereocenters. The number of aliphatic hydroxyl groups is 1. The van der Waals surface area contributed by atoms with Crippen molar-refractivity contribution >= 4 is 0 Å². The summed E-state index contributed by atoms with van der Waals surface area (Å²) < 4.78 is 0. The first-order valence-electron chi connectivity index (χ1n) is 4.92. The summed E-state index contributed by atoms with van der Waals surface area (Å²) in [5.41, 5.74) is 6.88. The normalized spacial score (nSPS) is 15.1. The molecule has 0 saturated carbocycles. The molecular formula is C10H17N3O. The van der Waals surface area contributed by atoms with E-state index in [1.165, 1.54) is 6.33 Å². The van der Waals surface area contributed by atoms with Crippen LogP contribution in [0.1, 0.15) is 31.4 Å². The molecule has 0 saturated heterocycles. The van der Waals surface area contributed by atoms with E-state index < -0.39 is 0 Å². The third-order valence-corrected chi connectivity index (χ3v) is 2.41. The Morgan fingerprint density at radius 1 is 1.57 bits per heavy atom. The average Bonchev–Trinajstić information content (AvgIpc) is 2.26. The fourth-order valence-electron chi connectivity index (χ4n) is 1.53. The van der Waals surface area contributed by atoms with E-state index in [0.717, 1.165) is 12.1 Å². The molecule has 0 bridgehead atoms. The molecule has 0 spiro atoms. The van der Waals surface area contributed by atoms with Gasteiger partial charge in [-0.3, -0.25) is 0 Å². The number of nitrogens with two attached hydrogens (primary N) is 1. The minimum atomic E-state index is 0.0528. The number of aromatic nitrogens is 2. The zero-order valence-corrected chi connectivity index (χ0v) is 8.43. The molecule has 1 aromatic heterocycles. The van der Waals surface area contributed by atoms with Crippen molar-refractivity contribution < 1.29 is 5.11 Å². The van der Waals surface area contributed by atoms with E-state index >= 15 is 0 Å². The first-order chi connectivity index (χ1) is 6.79. The second kappa shape index (κ2) is 5.67. The largest absolute Gasteiger partial charge is 0.396 e. The van der Waals surface area contributed by atoms with E-state index in [-0.39, 0.29) is 18.6 Å². The van der Waals surface area contributed by atoms with Crippen LogP contribution in [0, 0.1) is 0 Å². The van der Waals surface area contributed by atoms with E-state index in [0.29, 0.717) is 6.42 Å². The van der Waals surface area contributed by atoms with Gasteiger partial charge in [0.2, 0.25) is 0 Å². The minimum Gasteiger partial charge on any atom is -0.396 e. The van der Waals surface area contributed by atoms with Crippen molar-refractivity contribution in [3.05, 3.63) is 24.3 Å². The van der Waals surface area contributed by atoms with Crippen molar-refractivity contribution in [3.8, 4) is 0 Å². The molecular weight excluding hydrogens is 178 g/mol. The second-order valence-corrected chi connectivity index (χ2v) is 3.33. The van der Waals surface area contributed by atoms with Gasteiger partial charge in [0.15, 0.2) is 0 Å². The Labute approximate surface area is 84.2 Å². The predicted molar refractivity (Wildman–Crippen MR) is 54.7 cm³/mol. The van der Waals surface area contributed by atoms with Crippen molar-refractivity contribution in [1.82, 2.24) is 9.97 Å². The summed E-state index contributed by atoms with van der Waals surface area (Å²) in [5, 5.41) is 8.94. The molecule has 0 fully saturated rings. The van der Waals surface area contributed by atoms with Crippen LogP contribution in [0.2, 0.25) is 0 Å². The molecule has 0 aliphatic heterocycles. The van der Waals surface area contributed by atoms with Gasteiger partial charge >= 0.3 is 0 Å². The molecule has 3 N–H and O–H groups in total. The highest BCUT2D eigenvalue weighted by Gasteiger charge is 2.18. The molecule has 2 unspecified atom stereocenters. The van der Waals surface area contributed by atoms with Crippen LogP contribution in [-0.2, 0) is 0 Å². The average molecular weight is 195 g/mol. The topological polar surface area (TPSA) is 72.0 Å². The van der Waals surface area contributed by atoms with E-state index in [9.17, 15) is 0 Å². The number of aliphatic hydroxyl groups excluding tert-OH is 1. The lowest BCUT2D eigenvalue weighted by Crippen LogP contribution is -2.29. The van der Waals surface area contributed by atoms with E-state index in [1.807, 2.05) is 13.0 Å². The van der Waals surface area contributed by atoms with Crippen LogP contribution in [0.4, 0.5) is 0 Å². The molecule has 14 heavy (non-hydrogen) atoms. The summed E-state index contributed by atoms with van der Waals surface area (Å²) >= 11 is 0. The Morgan fingerprint density at radius 2 is 2.36 bits per heavy atom. The number of rotatable bonds is 5. The van der Waals surface area contributed by atoms with Gasteiger partial charge in [-0.05, 0) is 18.9 Å². The van der Waals surface area contributed by atoms with Crippen LogP contribution in [-0.4, -0.2) is 27.7 Å². The SMILES string of the molecule is CCC(N)C(CCO)c1ccncn1. The third kappa shape index (κ3) is 2.75. The molecule has 0 radical (unpaired) electrons. The highest BCUT2D eigenvalue weighted by Crippen LogP contribution is 2.21. The first-order valence-corrected chi connectivity index (χ1v) is 4.92. The summed E-state index contributed by atoms with van der Waals surface area (Å²) in [5.74, 6) is 0.132. The van der Waals surface area contributed by atoms with Crippen LogP contribution in [0.5, 0.6) is 0 Å². The van der Waals surface area contributed by atoms with Crippen molar-refractivity contribution in [1.29, 1.82) is 0 Å². The lowest BCUT2D eigenvalue weighted by Gasteiger charge is -2.21. The summed E-state index contributed by atoms with van der Waals surface area (Å²) in [7, 11) is 0. The van der Waals surface area contributed by atoms with Crippen LogP contribution in [0.25, 0.3) is 0 Å². The third-order valence-electron chi connectivity index (χ3n) is 2.41. The van der Waals surface area contributed by atoms with Gasteiger partial charge < -0.3 is 10.8 Å². The Kier molecular flexibility index (Phi) is 4.49. The van der Waals surface area contributed by atoms with Gasteiger partial charge in [-0.15, -0.1) is 0 Å². The summed E-state index contributed by atoms with van der Waals surface area (Å²) in [6.45, 7) is 2.18. The maximum atomic E-state index is 8.94. The molecule has 0 aromatic carbocycles. The van der Waals surface area contributed by atoms with Gasteiger partial charge in [0.1, 0.15) is 6.33 Å². The van der Waals surface area contributed by atoms with Gasteiger partial charge in [-0.2, -0.15) is 0 Å². The number of hydrogen-bond acceptors (Lipinski definition) is 4. The number of nitrogens with zero attached hydrogens (tertiary/aromatic N) is 2. The maximum Gasteiger partial charge on any atom is 0.115 e. The van der Waals surface area contributed by atoms with Crippen molar-refractivity contribution in [3.63, 3.8) is 0 Å². The minimum absolute atomic E-state index is 0.0528. The predicted octanol–water partition coefficient (Wildman–Crippen LogP) is 0.680. The molecule has 0 aliphatic rings. The fourth-order valence-corrected chi connectivity index (χ4v) is 1.53. The monoisotopic (exact) mass is 195 g/mol. The van der Waals surface area contributed by atoms with Gasteiger partial charge in [0.05, 0.1) is 0 Å². The van der Waals surface area contributed by atoms with Gasteiger partial charge in [-0.1, -0.05) is 6.92 Å². The Balaban J connectivity index is 2.77. The van der Waals surface area contributed by atoms with Gasteiger partial charge in [0.25, 0.3) is 0 Å². The maximum absolute atomic E-state index is 8.94. The lowest BCUT2D eigenvalue weighted by atomic mass is 9.92. The van der Waals surface area contributed by atoms with Crippen LogP contribution >= 0.6 is 0 Å². The van der Waals surface area contributed by atoms with Crippen LogP contribution in [0.3, 0.4) is 0 Å². The van der Waals surface area contributed by atoms with E-state index in [2.05, 4.69) is 9.97 Å². The van der Waals surface area contributed by atoms with Gasteiger partial charge in [-0.25, -0.2) is 9.97 Å². The summed E-state index contributed by atoms with van der Waals surface area (Å²) in [4.78, 5) is 8.02. The Bertz CT molecular complexity index is 253. The standard InChI is InChI=1S/C10H17N3O/c1-2-9(11)8(4-6-14)10-3-5-12-7-13-10/h3,5,7-9,14H,2,4,6,11H2,1H3. The molecule has 1 rings (SSSR count). The van der Waals surface area contributed by atoms with Crippen LogP contribution < -0.4 is 5.73 Å². The summed E-state index contributed by atoms with van der Waals surface area (Å²) in [6.07, 6.45) is 4.76. The molecule has 0 aliphatic carbocycles. The first kappa shape index (κ1) is 11.1. The zero-order valence-electron chi connectivity index (χ0n) is 8.43. The highest BCUT2D eigenvalue weighted by molar-refractivity contribution is 5.08. The highest BCUT2D eigenvalue weighted by atomic mass is 16.3. The molecule has 0 amide bonds. The second-order valence-electron chi connectivity index (χ2n) is 3.33. The Hall–Kier alpha value is -1.00. The molecule has 1 heterocycles. The summed E-state index contributed by atoms with van der Waals surface area (Å²) in [6, 6.07) is 1.91. The van der Waals surface area contributed by atoms with E-state index in [4.69, 9.17) is 10.8 Å². The fraction of sp³-hybridized carbons (Fsp3) is 0.600. The number of hydrogen-bond donors (Lipinski definition) is 2. The van der Waals surface area contributed by atoms with Crippen LogP contribution in [0.15, 0.2) is 18.6 Å². The molecule has 1 aromatic rings. The molecule has 78 valence electrons. The van der Waals surface area contributed by atoms with Crippen molar-refractivity contribution in [2.24, 2.45) is 5.73 Å². The molecule has 4 heteroatoms. The van der Waals surface area contributed by atoms with Crippen molar-refractivity contribution in [2.45, 2.75) is 31.7 Å². The van der Waals surface area contributed by atoms with Crippen molar-refractivity contribution in [2.75, 3.05) is 6.61 Å². The zero-order chi connectivity index (χ0) is 10.4. The smallest absolute Gasteiger partial charge is 0.115 e. The molecule has 4 nitrogen and oxygen atoms in total. The quantitative estimate of drug-likeness (QED) is 0.724. The van der Waals surface area contributed by atoms with E-state index in [1.54, 1.807) is 6.20 Å². The van der Waals surface area contributed by atoms with Gasteiger partial charge in [0, 0.05) is 30.5 Å².